The standard InChI is InChI=1S/C11H13N5O/c12-9-7-11(13,6-8-2-1-5-17-8)15-16-4-3-14-10(9)16/h1-5,7,15H,6,12-13H2. The summed E-state index contributed by atoms with van der Waals surface area (Å²) in [5, 5.41) is 0. The highest BCUT2D eigenvalue weighted by Crippen LogP contribution is 2.20. The molecule has 0 bridgehead atoms. The van der Waals surface area contributed by atoms with Crippen LogP contribution in [0.4, 0.5) is 0 Å². The van der Waals surface area contributed by atoms with Crippen LogP contribution < -0.4 is 16.9 Å². The molecule has 0 aromatic carbocycles. The molecule has 0 amide bonds. The fourth-order valence-electron chi connectivity index (χ4n) is 2.00. The highest BCUT2D eigenvalue weighted by molar-refractivity contribution is 5.61. The van der Waals surface area contributed by atoms with Crippen molar-refractivity contribution in [2.24, 2.45) is 11.5 Å². The van der Waals surface area contributed by atoms with E-state index in [0.717, 1.165) is 5.76 Å². The molecule has 0 radical (unpaired) electrons. The molecule has 6 nitrogen and oxygen atoms in total. The third-order valence-electron chi connectivity index (χ3n) is 2.69. The van der Waals surface area contributed by atoms with E-state index in [-0.39, 0.29) is 0 Å². The molecule has 0 saturated carbocycles. The smallest absolute Gasteiger partial charge is 0.174 e. The van der Waals surface area contributed by atoms with Crippen LogP contribution in [0, 0.1) is 0 Å². The second-order valence-corrected chi connectivity index (χ2v) is 4.13. The van der Waals surface area contributed by atoms with E-state index in [1.165, 1.54) is 0 Å². The second kappa shape index (κ2) is 3.39. The zero-order valence-electron chi connectivity index (χ0n) is 9.13. The SMILES string of the molecule is NC1=CC(N)(Cc2ccco2)Nn2ccnc21. The maximum atomic E-state index is 6.24. The van der Waals surface area contributed by atoms with E-state index < -0.39 is 5.66 Å². The van der Waals surface area contributed by atoms with Crippen LogP contribution in [0.3, 0.4) is 0 Å². The number of aromatic nitrogens is 2. The van der Waals surface area contributed by atoms with Crippen molar-refractivity contribution >= 4 is 5.70 Å². The normalized spacial score (nSPS) is 22.8. The third-order valence-corrected chi connectivity index (χ3v) is 2.69. The number of rotatable bonds is 2. The van der Waals surface area contributed by atoms with Crippen LogP contribution in [0.15, 0.2) is 41.3 Å². The van der Waals surface area contributed by atoms with Gasteiger partial charge in [-0.05, 0) is 18.2 Å². The van der Waals surface area contributed by atoms with Crippen molar-refractivity contribution in [3.8, 4) is 0 Å². The molecule has 0 fully saturated rings. The number of hydrogen-bond donors (Lipinski definition) is 3. The Labute approximate surface area is 97.9 Å². The van der Waals surface area contributed by atoms with Crippen molar-refractivity contribution in [3.05, 3.63) is 48.5 Å². The molecule has 88 valence electrons. The van der Waals surface area contributed by atoms with Gasteiger partial charge in [0.25, 0.3) is 0 Å². The Morgan fingerprint density at radius 1 is 1.53 bits per heavy atom. The largest absolute Gasteiger partial charge is 0.469 e. The number of nitrogens with two attached hydrogens (primary N) is 2. The summed E-state index contributed by atoms with van der Waals surface area (Å²) in [6, 6.07) is 3.71. The van der Waals surface area contributed by atoms with Gasteiger partial charge in [0.05, 0.1) is 12.0 Å². The van der Waals surface area contributed by atoms with Crippen molar-refractivity contribution in [3.63, 3.8) is 0 Å². The lowest BCUT2D eigenvalue weighted by molar-refractivity contribution is 0.438. The maximum Gasteiger partial charge on any atom is 0.174 e. The summed E-state index contributed by atoms with van der Waals surface area (Å²) in [7, 11) is 0. The van der Waals surface area contributed by atoms with E-state index in [0.29, 0.717) is 17.9 Å². The molecule has 2 aromatic heterocycles. The number of imidazole rings is 1. The first-order valence-electron chi connectivity index (χ1n) is 5.28. The number of furan rings is 1. The third kappa shape index (κ3) is 1.68. The molecule has 3 rings (SSSR count). The zero-order valence-corrected chi connectivity index (χ0v) is 9.13. The van der Waals surface area contributed by atoms with Gasteiger partial charge < -0.3 is 21.3 Å². The lowest BCUT2D eigenvalue weighted by Crippen LogP contribution is -2.54. The molecule has 0 aliphatic carbocycles. The van der Waals surface area contributed by atoms with Gasteiger partial charge in [0, 0.05) is 18.8 Å². The first-order chi connectivity index (χ1) is 8.16. The summed E-state index contributed by atoms with van der Waals surface area (Å²) in [5.41, 5.74) is 15.1. The van der Waals surface area contributed by atoms with Gasteiger partial charge in [0.2, 0.25) is 0 Å². The minimum Gasteiger partial charge on any atom is -0.469 e. The molecule has 1 atom stereocenters. The van der Waals surface area contributed by atoms with Crippen molar-refractivity contribution in [1.29, 1.82) is 0 Å². The van der Waals surface area contributed by atoms with Crippen molar-refractivity contribution in [2.75, 3.05) is 5.43 Å². The van der Waals surface area contributed by atoms with E-state index in [9.17, 15) is 0 Å². The van der Waals surface area contributed by atoms with E-state index in [2.05, 4.69) is 10.4 Å². The molecule has 1 aliphatic heterocycles. The highest BCUT2D eigenvalue weighted by atomic mass is 16.3. The van der Waals surface area contributed by atoms with Gasteiger partial charge >= 0.3 is 0 Å². The van der Waals surface area contributed by atoms with Crippen LogP contribution in [-0.4, -0.2) is 15.3 Å². The number of nitrogens with zero attached hydrogens (tertiary/aromatic N) is 2. The maximum absolute atomic E-state index is 6.24. The Morgan fingerprint density at radius 3 is 3.18 bits per heavy atom. The highest BCUT2D eigenvalue weighted by Gasteiger charge is 2.30. The van der Waals surface area contributed by atoms with Crippen LogP contribution >= 0.6 is 0 Å². The quantitative estimate of drug-likeness (QED) is 0.687. The molecule has 5 N–H and O–H groups in total. The summed E-state index contributed by atoms with van der Waals surface area (Å²) < 4.78 is 7.01. The van der Waals surface area contributed by atoms with Crippen molar-refractivity contribution in [1.82, 2.24) is 9.66 Å². The van der Waals surface area contributed by atoms with E-state index >= 15 is 0 Å². The Bertz CT molecular complexity index is 556. The van der Waals surface area contributed by atoms with Gasteiger partial charge in [0.15, 0.2) is 5.82 Å². The second-order valence-electron chi connectivity index (χ2n) is 4.13. The van der Waals surface area contributed by atoms with Crippen LogP contribution in [0.5, 0.6) is 0 Å². The first kappa shape index (κ1) is 9.98. The average molecular weight is 231 g/mol. The topological polar surface area (TPSA) is 95.0 Å². The Balaban J connectivity index is 1.93. The monoisotopic (exact) mass is 231 g/mol. The lowest BCUT2D eigenvalue weighted by Gasteiger charge is -2.32. The first-order valence-corrected chi connectivity index (χ1v) is 5.28. The molecule has 0 saturated heterocycles. The summed E-state index contributed by atoms with van der Waals surface area (Å²) in [6.07, 6.45) is 7.34. The van der Waals surface area contributed by atoms with E-state index in [1.54, 1.807) is 29.4 Å². The average Bonchev–Trinajstić information content (AvgIpc) is 2.87. The Morgan fingerprint density at radius 2 is 2.41 bits per heavy atom. The van der Waals surface area contributed by atoms with Crippen LogP contribution in [0.2, 0.25) is 0 Å². The van der Waals surface area contributed by atoms with E-state index in [1.807, 2.05) is 12.1 Å². The minimum absolute atomic E-state index is 0.512. The summed E-state index contributed by atoms with van der Waals surface area (Å²) >= 11 is 0. The van der Waals surface area contributed by atoms with Crippen LogP contribution in [-0.2, 0) is 6.42 Å². The fraction of sp³-hybridized carbons (Fsp3) is 0.182. The molecule has 0 spiro atoms. The lowest BCUT2D eigenvalue weighted by atomic mass is 10.0. The number of hydrogen-bond acceptors (Lipinski definition) is 5. The Hall–Kier alpha value is -2.21. The fourth-order valence-corrected chi connectivity index (χ4v) is 2.00. The summed E-state index contributed by atoms with van der Waals surface area (Å²) in [5.74, 6) is 1.47. The molecule has 1 aliphatic rings. The van der Waals surface area contributed by atoms with Gasteiger partial charge in [-0.1, -0.05) is 0 Å². The number of fused-ring (bicyclic) bond motifs is 1. The van der Waals surface area contributed by atoms with Gasteiger partial charge in [-0.3, -0.25) is 0 Å². The van der Waals surface area contributed by atoms with Crippen LogP contribution in [0.1, 0.15) is 11.6 Å². The van der Waals surface area contributed by atoms with Gasteiger partial charge in [-0.25, -0.2) is 9.66 Å². The zero-order chi connectivity index (χ0) is 11.9. The molecule has 1 unspecified atom stereocenters. The van der Waals surface area contributed by atoms with Crippen LogP contribution in [0.25, 0.3) is 5.70 Å². The van der Waals surface area contributed by atoms with Crippen molar-refractivity contribution in [2.45, 2.75) is 12.1 Å². The van der Waals surface area contributed by atoms with Crippen molar-refractivity contribution < 1.29 is 4.42 Å². The molecule has 2 aromatic rings. The van der Waals surface area contributed by atoms with Gasteiger partial charge in [0.1, 0.15) is 11.4 Å². The van der Waals surface area contributed by atoms with Gasteiger partial charge in [-0.2, -0.15) is 0 Å². The predicted octanol–water partition coefficient (Wildman–Crippen LogP) is 0.230. The van der Waals surface area contributed by atoms with E-state index in [4.69, 9.17) is 15.9 Å². The summed E-state index contributed by atoms with van der Waals surface area (Å²) in [4.78, 5) is 4.13. The molecular weight excluding hydrogens is 218 g/mol. The molecule has 6 heteroatoms. The summed E-state index contributed by atoms with van der Waals surface area (Å²) in [6.45, 7) is 0. The predicted molar refractivity (Wildman–Crippen MR) is 63.1 cm³/mol. The minimum atomic E-state index is -0.768. The molecule has 3 heterocycles. The molecular formula is C11H13N5O. The molecule has 17 heavy (non-hydrogen) atoms. The number of nitrogens with one attached hydrogen (secondary N) is 1. The van der Waals surface area contributed by atoms with Gasteiger partial charge in [-0.15, -0.1) is 0 Å². The Kier molecular flexibility index (Phi) is 1.99.